The molecule has 1 aromatic carbocycles. The van der Waals surface area contributed by atoms with Crippen molar-refractivity contribution in [3.8, 4) is 11.5 Å². The maximum absolute atomic E-state index is 11.7. The third kappa shape index (κ3) is 3.65. The number of nitrogens with one attached hydrogen (secondary N) is 1. The first kappa shape index (κ1) is 13.8. The fraction of sp³-hybridized carbons (Fsp3) is 0.333. The van der Waals surface area contributed by atoms with Crippen LogP contribution in [0.3, 0.4) is 0 Å². The molecule has 0 atom stereocenters. The van der Waals surface area contributed by atoms with E-state index in [0.717, 1.165) is 0 Å². The number of carbonyl (C=O) groups is 2. The van der Waals surface area contributed by atoms with Crippen molar-refractivity contribution in [2.75, 3.05) is 20.8 Å². The van der Waals surface area contributed by atoms with Crippen LogP contribution in [0, 0.1) is 0 Å². The van der Waals surface area contributed by atoms with E-state index in [0.29, 0.717) is 17.1 Å². The van der Waals surface area contributed by atoms with E-state index < -0.39 is 5.97 Å². The molecule has 0 bridgehead atoms. The molecule has 0 radical (unpaired) electrons. The Labute approximate surface area is 105 Å². The summed E-state index contributed by atoms with van der Waals surface area (Å²) in [7, 11) is 2.98. The van der Waals surface area contributed by atoms with Gasteiger partial charge in [-0.2, -0.15) is 0 Å². The lowest BCUT2D eigenvalue weighted by Crippen LogP contribution is -2.25. The Hall–Kier alpha value is -2.24. The smallest absolute Gasteiger partial charge is 0.305 e. The molecule has 0 saturated carbocycles. The van der Waals surface area contributed by atoms with Crippen molar-refractivity contribution < 1.29 is 24.2 Å². The fourth-order valence-electron chi connectivity index (χ4n) is 1.36. The highest BCUT2D eigenvalue weighted by molar-refractivity contribution is 5.95. The normalized spacial score (nSPS) is 9.67. The number of carboxylic acids is 1. The monoisotopic (exact) mass is 253 g/mol. The van der Waals surface area contributed by atoms with Crippen molar-refractivity contribution in [2.45, 2.75) is 6.42 Å². The topological polar surface area (TPSA) is 84.9 Å². The van der Waals surface area contributed by atoms with E-state index in [-0.39, 0.29) is 18.9 Å². The highest BCUT2D eigenvalue weighted by Crippen LogP contribution is 2.27. The second-order valence-corrected chi connectivity index (χ2v) is 3.47. The number of ether oxygens (including phenoxy) is 2. The number of benzene rings is 1. The summed E-state index contributed by atoms with van der Waals surface area (Å²) in [5, 5.41) is 11.0. The third-order valence-corrected chi connectivity index (χ3v) is 2.27. The van der Waals surface area contributed by atoms with Crippen molar-refractivity contribution >= 4 is 11.9 Å². The standard InChI is InChI=1S/C12H15NO5/c1-17-9-4-3-8(7-10(9)18-2)12(16)13-6-5-11(14)15/h3-4,7H,5-6H2,1-2H3,(H,13,16)(H,14,15). The Morgan fingerprint density at radius 2 is 1.89 bits per heavy atom. The Bertz CT molecular complexity index is 444. The zero-order valence-corrected chi connectivity index (χ0v) is 10.2. The summed E-state index contributed by atoms with van der Waals surface area (Å²) in [6, 6.07) is 4.73. The Kier molecular flexibility index (Phi) is 4.98. The lowest BCUT2D eigenvalue weighted by atomic mass is 10.2. The lowest BCUT2D eigenvalue weighted by molar-refractivity contribution is -0.136. The van der Waals surface area contributed by atoms with Gasteiger partial charge in [0.05, 0.1) is 20.6 Å². The van der Waals surface area contributed by atoms with Crippen molar-refractivity contribution in [2.24, 2.45) is 0 Å². The van der Waals surface area contributed by atoms with Gasteiger partial charge in [-0.15, -0.1) is 0 Å². The van der Waals surface area contributed by atoms with E-state index >= 15 is 0 Å². The van der Waals surface area contributed by atoms with Crippen LogP contribution in [0.5, 0.6) is 11.5 Å². The molecule has 18 heavy (non-hydrogen) atoms. The number of amides is 1. The summed E-state index contributed by atoms with van der Waals surface area (Å²) in [5.74, 6) is -0.331. The first-order chi connectivity index (χ1) is 8.58. The molecule has 0 heterocycles. The van der Waals surface area contributed by atoms with Gasteiger partial charge in [0.1, 0.15) is 0 Å². The van der Waals surface area contributed by atoms with Gasteiger partial charge in [0, 0.05) is 12.1 Å². The number of carbonyl (C=O) groups excluding carboxylic acids is 1. The van der Waals surface area contributed by atoms with Crippen LogP contribution in [0.25, 0.3) is 0 Å². The van der Waals surface area contributed by atoms with Crippen LogP contribution in [0.2, 0.25) is 0 Å². The van der Waals surface area contributed by atoms with E-state index in [2.05, 4.69) is 5.32 Å². The van der Waals surface area contributed by atoms with Gasteiger partial charge in [0.2, 0.25) is 0 Å². The zero-order valence-electron chi connectivity index (χ0n) is 10.2. The van der Waals surface area contributed by atoms with Gasteiger partial charge in [-0.25, -0.2) is 0 Å². The molecule has 1 amide bonds. The van der Waals surface area contributed by atoms with Gasteiger partial charge in [-0.3, -0.25) is 9.59 Å². The van der Waals surface area contributed by atoms with Crippen molar-refractivity contribution in [1.29, 1.82) is 0 Å². The van der Waals surface area contributed by atoms with E-state index in [4.69, 9.17) is 14.6 Å². The van der Waals surface area contributed by atoms with Crippen LogP contribution in [0.1, 0.15) is 16.8 Å². The molecule has 0 spiro atoms. The highest BCUT2D eigenvalue weighted by Gasteiger charge is 2.10. The molecule has 6 heteroatoms. The fourth-order valence-corrected chi connectivity index (χ4v) is 1.36. The maximum Gasteiger partial charge on any atom is 0.305 e. The summed E-state index contributed by atoms with van der Waals surface area (Å²) in [5.41, 5.74) is 0.387. The zero-order chi connectivity index (χ0) is 13.5. The van der Waals surface area contributed by atoms with E-state index in [9.17, 15) is 9.59 Å². The van der Waals surface area contributed by atoms with Crippen LogP contribution in [0.4, 0.5) is 0 Å². The summed E-state index contributed by atoms with van der Waals surface area (Å²) in [6.07, 6.45) is -0.112. The van der Waals surface area contributed by atoms with Gasteiger partial charge in [0.15, 0.2) is 11.5 Å². The second kappa shape index (κ2) is 6.48. The lowest BCUT2D eigenvalue weighted by Gasteiger charge is -2.09. The predicted octanol–water partition coefficient (Wildman–Crippen LogP) is 0.908. The molecule has 0 unspecified atom stereocenters. The minimum Gasteiger partial charge on any atom is -0.493 e. The van der Waals surface area contributed by atoms with Gasteiger partial charge >= 0.3 is 5.97 Å². The first-order valence-corrected chi connectivity index (χ1v) is 5.30. The van der Waals surface area contributed by atoms with Crippen molar-refractivity contribution in [3.63, 3.8) is 0 Å². The average molecular weight is 253 g/mol. The highest BCUT2D eigenvalue weighted by atomic mass is 16.5. The van der Waals surface area contributed by atoms with Crippen LogP contribution in [-0.2, 0) is 4.79 Å². The SMILES string of the molecule is COc1ccc(C(=O)NCCC(=O)O)cc1OC. The van der Waals surface area contributed by atoms with E-state index in [1.165, 1.54) is 20.3 Å². The summed E-state index contributed by atoms with van der Waals surface area (Å²) in [4.78, 5) is 22.0. The van der Waals surface area contributed by atoms with E-state index in [1.54, 1.807) is 12.1 Å². The Morgan fingerprint density at radius 3 is 2.44 bits per heavy atom. The molecule has 98 valence electrons. The van der Waals surface area contributed by atoms with E-state index in [1.807, 2.05) is 0 Å². The maximum atomic E-state index is 11.7. The molecule has 0 fully saturated rings. The quantitative estimate of drug-likeness (QED) is 0.787. The molecule has 0 aromatic heterocycles. The molecular weight excluding hydrogens is 238 g/mol. The number of carboxylic acid groups (broad SMARTS) is 1. The minimum absolute atomic E-state index is 0.0858. The van der Waals surface area contributed by atoms with Gasteiger partial charge < -0.3 is 19.9 Å². The molecule has 0 saturated heterocycles. The first-order valence-electron chi connectivity index (χ1n) is 5.30. The van der Waals surface area contributed by atoms with Gasteiger partial charge in [0.25, 0.3) is 5.91 Å². The van der Waals surface area contributed by atoms with Crippen molar-refractivity contribution in [3.05, 3.63) is 23.8 Å². The summed E-state index contributed by atoms with van der Waals surface area (Å²) in [6.45, 7) is 0.0858. The minimum atomic E-state index is -0.956. The van der Waals surface area contributed by atoms with Crippen LogP contribution in [-0.4, -0.2) is 37.7 Å². The number of rotatable bonds is 6. The molecule has 0 aliphatic carbocycles. The second-order valence-electron chi connectivity index (χ2n) is 3.47. The number of hydrogen-bond donors (Lipinski definition) is 2. The van der Waals surface area contributed by atoms with Crippen LogP contribution >= 0.6 is 0 Å². The Balaban J connectivity index is 2.71. The largest absolute Gasteiger partial charge is 0.493 e. The third-order valence-electron chi connectivity index (χ3n) is 2.27. The van der Waals surface area contributed by atoms with Gasteiger partial charge in [-0.1, -0.05) is 0 Å². The van der Waals surface area contributed by atoms with Crippen LogP contribution in [0.15, 0.2) is 18.2 Å². The summed E-state index contributed by atoms with van der Waals surface area (Å²) < 4.78 is 10.1. The molecule has 2 N–H and O–H groups in total. The van der Waals surface area contributed by atoms with Crippen LogP contribution < -0.4 is 14.8 Å². The molecule has 1 aromatic rings. The summed E-state index contributed by atoms with van der Waals surface area (Å²) >= 11 is 0. The number of aliphatic carboxylic acids is 1. The molecular formula is C12H15NO5. The number of methoxy groups -OCH3 is 2. The van der Waals surface area contributed by atoms with Gasteiger partial charge in [-0.05, 0) is 18.2 Å². The van der Waals surface area contributed by atoms with Crippen molar-refractivity contribution in [1.82, 2.24) is 5.32 Å². The molecule has 6 nitrogen and oxygen atoms in total. The molecule has 0 aliphatic rings. The molecule has 0 aliphatic heterocycles. The molecule has 1 rings (SSSR count). The Morgan fingerprint density at radius 1 is 1.22 bits per heavy atom. The predicted molar refractivity (Wildman–Crippen MR) is 64.1 cm³/mol. The number of hydrogen-bond acceptors (Lipinski definition) is 4. The average Bonchev–Trinajstić information content (AvgIpc) is 2.37.